The number of aromatic nitrogens is 3. The van der Waals surface area contributed by atoms with Crippen molar-refractivity contribution in [2.75, 3.05) is 23.7 Å². The molecule has 0 saturated carbocycles. The first-order valence-corrected chi connectivity index (χ1v) is 16.5. The second-order valence-electron chi connectivity index (χ2n) is 11.5. The van der Waals surface area contributed by atoms with Gasteiger partial charge in [0.05, 0.1) is 41.6 Å². The predicted molar refractivity (Wildman–Crippen MR) is 169 cm³/mol. The Kier molecular flexibility index (Phi) is 8.35. The van der Waals surface area contributed by atoms with Crippen LogP contribution < -0.4 is 15.8 Å². The predicted octanol–water partition coefficient (Wildman–Crippen LogP) is 6.06. The fourth-order valence-electron chi connectivity index (χ4n) is 5.72. The third-order valence-corrected chi connectivity index (χ3v) is 9.58. The highest BCUT2D eigenvalue weighted by atomic mass is 35.5. The molecule has 0 unspecified atom stereocenters. The van der Waals surface area contributed by atoms with Gasteiger partial charge in [0.1, 0.15) is 23.1 Å². The molecule has 2 aromatic carbocycles. The number of pyridine rings is 1. The molecule has 1 aliphatic heterocycles. The lowest BCUT2D eigenvalue weighted by Gasteiger charge is -2.33. The lowest BCUT2D eigenvalue weighted by atomic mass is 9.89. The van der Waals surface area contributed by atoms with Gasteiger partial charge in [0, 0.05) is 40.5 Å². The van der Waals surface area contributed by atoms with Crippen molar-refractivity contribution in [2.24, 2.45) is 0 Å². The van der Waals surface area contributed by atoms with E-state index in [1.54, 1.807) is 35.1 Å². The molecule has 232 valence electrons. The summed E-state index contributed by atoms with van der Waals surface area (Å²) in [5.74, 6) is -2.21. The third kappa shape index (κ3) is 6.03. The number of sulfonamides is 1. The van der Waals surface area contributed by atoms with E-state index in [4.69, 9.17) is 27.2 Å². The van der Waals surface area contributed by atoms with Crippen LogP contribution in [0.25, 0.3) is 27.7 Å². The maximum absolute atomic E-state index is 15.7. The number of hydrogen-bond donors (Lipinski definition) is 3. The normalized spacial score (nSPS) is 17.6. The Morgan fingerprint density at radius 2 is 1.91 bits per heavy atom. The average molecular weight is 643 g/mol. The summed E-state index contributed by atoms with van der Waals surface area (Å²) in [4.78, 5) is 4.43. The topological polar surface area (TPSA) is 124 Å². The van der Waals surface area contributed by atoms with Crippen LogP contribution in [-0.2, 0) is 20.5 Å². The van der Waals surface area contributed by atoms with Gasteiger partial charge in [-0.2, -0.15) is 5.10 Å². The summed E-state index contributed by atoms with van der Waals surface area (Å²) in [6, 6.07) is 8.77. The molecule has 2 aliphatic rings. The van der Waals surface area contributed by atoms with Crippen molar-refractivity contribution >= 4 is 49.6 Å². The van der Waals surface area contributed by atoms with Crippen molar-refractivity contribution in [3.63, 3.8) is 0 Å². The molecular formula is C31H33ClF2N6O3S. The van der Waals surface area contributed by atoms with Crippen LogP contribution in [0.3, 0.4) is 0 Å². The number of nitrogens with zero attached hydrogens (tertiary/aromatic N) is 3. The Labute approximate surface area is 259 Å². The van der Waals surface area contributed by atoms with Crippen molar-refractivity contribution in [3.05, 3.63) is 76.5 Å². The molecule has 13 heteroatoms. The Bertz CT molecular complexity index is 1870. The van der Waals surface area contributed by atoms with Crippen LogP contribution in [0, 0.1) is 11.6 Å². The van der Waals surface area contributed by atoms with E-state index in [2.05, 4.69) is 21.1 Å². The fourth-order valence-corrected chi connectivity index (χ4v) is 7.22. The first-order chi connectivity index (χ1) is 21.0. The third-order valence-electron chi connectivity index (χ3n) is 7.99. The highest BCUT2D eigenvalue weighted by Crippen LogP contribution is 2.40. The van der Waals surface area contributed by atoms with Crippen LogP contribution in [0.4, 0.5) is 20.3 Å². The molecule has 4 N–H and O–H groups in total. The summed E-state index contributed by atoms with van der Waals surface area (Å²) < 4.78 is 65.9. The SMILES string of the molecule is CC(C)n1nc(-c2cc(F)c(NS(=O)(=O)Cc3ccccc3Cl)cc2F)c2c(N)ncc(C3=CC[C@@H](NC4COC4)CC3)c21. The quantitative estimate of drug-likeness (QED) is 0.203. The molecule has 0 radical (unpaired) electrons. The lowest BCUT2D eigenvalue weighted by Crippen LogP contribution is -2.50. The maximum Gasteiger partial charge on any atom is 0.237 e. The molecule has 9 nitrogen and oxygen atoms in total. The van der Waals surface area contributed by atoms with Crippen molar-refractivity contribution in [1.29, 1.82) is 0 Å². The monoisotopic (exact) mass is 642 g/mol. The largest absolute Gasteiger partial charge is 0.383 e. The highest BCUT2D eigenvalue weighted by molar-refractivity contribution is 7.91. The molecule has 4 aromatic rings. The van der Waals surface area contributed by atoms with Gasteiger partial charge in [-0.05, 0) is 56.4 Å². The van der Waals surface area contributed by atoms with E-state index in [1.165, 1.54) is 0 Å². The number of nitrogens with two attached hydrogens (primary N) is 1. The molecule has 0 bridgehead atoms. The molecule has 6 rings (SSSR count). The van der Waals surface area contributed by atoms with Crippen molar-refractivity contribution in [1.82, 2.24) is 20.1 Å². The second-order valence-corrected chi connectivity index (χ2v) is 13.7. The number of benzene rings is 2. The van der Waals surface area contributed by atoms with Crippen molar-refractivity contribution in [2.45, 2.75) is 57.0 Å². The van der Waals surface area contributed by atoms with Crippen LogP contribution in [-0.4, -0.2) is 48.5 Å². The summed E-state index contributed by atoms with van der Waals surface area (Å²) in [5.41, 5.74) is 8.77. The highest BCUT2D eigenvalue weighted by Gasteiger charge is 2.28. The van der Waals surface area contributed by atoms with Crippen molar-refractivity contribution in [3.8, 4) is 11.3 Å². The van der Waals surface area contributed by atoms with Gasteiger partial charge in [0.25, 0.3) is 0 Å². The Balaban J connectivity index is 1.35. The van der Waals surface area contributed by atoms with Crippen LogP contribution in [0.1, 0.15) is 50.3 Å². The molecule has 1 saturated heterocycles. The first kappa shape index (κ1) is 30.4. The Morgan fingerprint density at radius 1 is 1.14 bits per heavy atom. The second kappa shape index (κ2) is 12.1. The molecule has 1 fully saturated rings. The zero-order valence-electron chi connectivity index (χ0n) is 24.3. The van der Waals surface area contributed by atoms with E-state index in [0.717, 1.165) is 55.7 Å². The van der Waals surface area contributed by atoms with Crippen molar-refractivity contribution < 1.29 is 21.9 Å². The van der Waals surface area contributed by atoms with Gasteiger partial charge in [-0.3, -0.25) is 9.40 Å². The molecule has 0 spiro atoms. The zero-order valence-corrected chi connectivity index (χ0v) is 25.9. The number of nitrogens with one attached hydrogen (secondary N) is 2. The number of rotatable bonds is 9. The van der Waals surface area contributed by atoms with Gasteiger partial charge in [-0.25, -0.2) is 22.2 Å². The zero-order chi connectivity index (χ0) is 31.2. The summed E-state index contributed by atoms with van der Waals surface area (Å²) in [7, 11) is -4.11. The van der Waals surface area contributed by atoms with Crippen LogP contribution >= 0.6 is 11.6 Å². The van der Waals surface area contributed by atoms with Gasteiger partial charge >= 0.3 is 0 Å². The summed E-state index contributed by atoms with van der Waals surface area (Å²) >= 11 is 6.09. The molecule has 44 heavy (non-hydrogen) atoms. The average Bonchev–Trinajstić information content (AvgIpc) is 3.36. The van der Waals surface area contributed by atoms with E-state index in [0.29, 0.717) is 28.6 Å². The smallest absolute Gasteiger partial charge is 0.237 e. The van der Waals surface area contributed by atoms with E-state index in [-0.39, 0.29) is 28.1 Å². The number of anilines is 2. The van der Waals surface area contributed by atoms with Gasteiger partial charge < -0.3 is 15.8 Å². The van der Waals surface area contributed by atoms with E-state index in [9.17, 15) is 8.42 Å². The molecule has 2 aromatic heterocycles. The minimum Gasteiger partial charge on any atom is -0.383 e. The molecule has 1 aliphatic carbocycles. The van der Waals surface area contributed by atoms with Gasteiger partial charge in [-0.15, -0.1) is 0 Å². The summed E-state index contributed by atoms with van der Waals surface area (Å²) in [6.45, 7) is 5.36. The van der Waals surface area contributed by atoms with E-state index >= 15 is 8.78 Å². The number of nitrogen functional groups attached to an aromatic ring is 1. The maximum atomic E-state index is 15.7. The number of ether oxygens (including phenoxy) is 1. The standard InChI is InChI=1S/C31H33ClF2N6O3S/c1-17(2)40-30-23(18-7-9-20(10-8-18)37-21-14-43-15-21)13-36-31(35)28(30)29(38-40)22-11-26(34)27(12-25(22)33)39-44(41,42)16-19-5-3-4-6-24(19)32/h3-7,11-13,17,20-21,37,39H,8-10,14-16H2,1-2H3,(H2,35,36)/t20-/m1/s1. The number of fused-ring (bicyclic) bond motifs is 1. The van der Waals surface area contributed by atoms with Crippen LogP contribution in [0.5, 0.6) is 0 Å². The summed E-state index contributed by atoms with van der Waals surface area (Å²) in [6.07, 6.45) is 6.48. The lowest BCUT2D eigenvalue weighted by molar-refractivity contribution is -0.0103. The van der Waals surface area contributed by atoms with E-state index in [1.807, 2.05) is 13.8 Å². The van der Waals surface area contributed by atoms with Crippen LogP contribution in [0.2, 0.25) is 5.02 Å². The minimum atomic E-state index is -4.11. The molecular weight excluding hydrogens is 610 g/mol. The molecule has 1 atom stereocenters. The van der Waals surface area contributed by atoms with Gasteiger partial charge in [0.2, 0.25) is 10.0 Å². The number of halogens is 3. The van der Waals surface area contributed by atoms with E-state index < -0.39 is 33.1 Å². The first-order valence-electron chi connectivity index (χ1n) is 14.4. The minimum absolute atomic E-state index is 0.128. The summed E-state index contributed by atoms with van der Waals surface area (Å²) in [5, 5.41) is 8.99. The molecule has 3 heterocycles. The molecule has 0 amide bonds. The van der Waals surface area contributed by atoms with Gasteiger partial charge in [-0.1, -0.05) is 35.9 Å². The Hall–Kier alpha value is -3.58. The van der Waals surface area contributed by atoms with Crippen LogP contribution in [0.15, 0.2) is 48.7 Å². The number of hydrogen-bond acceptors (Lipinski definition) is 7. The van der Waals surface area contributed by atoms with Gasteiger partial charge in [0.15, 0.2) is 0 Å². The number of allylic oxidation sites excluding steroid dienone is 1. The Morgan fingerprint density at radius 3 is 2.57 bits per heavy atom. The fraction of sp³-hybridized carbons (Fsp3) is 0.355.